The molecule has 0 bridgehead atoms. The Kier molecular flexibility index (Phi) is 6.57. The zero-order chi connectivity index (χ0) is 20.8. The maximum atomic E-state index is 12.1. The second-order valence-corrected chi connectivity index (χ2v) is 8.16. The molecule has 152 valence electrons. The third-order valence-corrected chi connectivity index (χ3v) is 5.69. The first kappa shape index (κ1) is 20.3. The average molecular weight is 438 g/mol. The van der Waals surface area contributed by atoms with Crippen LogP contribution in [-0.4, -0.2) is 29.0 Å². The number of benzene rings is 1. The number of ether oxygens (including phenoxy) is 1. The average Bonchev–Trinajstić information content (AvgIpc) is 3.24. The second-order valence-electron chi connectivity index (χ2n) is 6.78. The zero-order valence-corrected chi connectivity index (χ0v) is 17.7. The lowest BCUT2D eigenvalue weighted by Gasteiger charge is -2.16. The van der Waals surface area contributed by atoms with Gasteiger partial charge in [0.25, 0.3) is 0 Å². The number of thiazole rings is 1. The Morgan fingerprint density at radius 3 is 3.00 bits per heavy atom. The van der Waals surface area contributed by atoms with Crippen LogP contribution in [0.3, 0.4) is 0 Å². The van der Waals surface area contributed by atoms with E-state index in [9.17, 15) is 4.79 Å². The molecule has 0 saturated heterocycles. The van der Waals surface area contributed by atoms with E-state index in [1.165, 1.54) is 6.08 Å². The van der Waals surface area contributed by atoms with E-state index in [4.69, 9.17) is 16.3 Å². The van der Waals surface area contributed by atoms with Crippen LogP contribution in [0.2, 0.25) is 5.02 Å². The molecule has 1 aliphatic rings. The summed E-state index contributed by atoms with van der Waals surface area (Å²) in [7, 11) is 0. The number of halogens is 1. The number of pyridine rings is 1. The first-order chi connectivity index (χ1) is 14.7. The predicted octanol–water partition coefficient (Wildman–Crippen LogP) is 4.94. The van der Waals surface area contributed by atoms with Crippen LogP contribution in [0, 0.1) is 0 Å². The van der Waals surface area contributed by atoms with Crippen LogP contribution in [0.25, 0.3) is 17.3 Å². The molecule has 30 heavy (non-hydrogen) atoms. The number of carbonyl (C=O) groups excluding carboxylic acids is 1. The van der Waals surface area contributed by atoms with Gasteiger partial charge in [-0.2, -0.15) is 0 Å². The highest BCUT2D eigenvalue weighted by atomic mass is 35.5. The standard InChI is InChI=1S/C23H20ClN3O2S/c24-19-4-5-21-18(13-19)12-16(14-29-21)3-6-22(28)26-9-1-2-23-27-20(15-30-23)17-7-10-25-11-8-17/h3-8,10-13,15H,1-2,9,14H2,(H,26,28)/b6-3+. The quantitative estimate of drug-likeness (QED) is 0.420. The molecule has 1 amide bonds. The smallest absolute Gasteiger partial charge is 0.243 e. The van der Waals surface area contributed by atoms with Crippen molar-refractivity contribution in [1.82, 2.24) is 15.3 Å². The van der Waals surface area contributed by atoms with Gasteiger partial charge in [0, 0.05) is 53.0 Å². The fraction of sp³-hybridized carbons (Fsp3) is 0.174. The van der Waals surface area contributed by atoms with Gasteiger partial charge in [-0.3, -0.25) is 9.78 Å². The summed E-state index contributed by atoms with van der Waals surface area (Å²) in [5, 5.41) is 6.69. The Hall–Kier alpha value is -2.96. The lowest BCUT2D eigenvalue weighted by Crippen LogP contribution is -2.22. The van der Waals surface area contributed by atoms with Crippen LogP contribution in [0.15, 0.2) is 65.8 Å². The van der Waals surface area contributed by atoms with E-state index in [2.05, 4.69) is 20.7 Å². The molecular formula is C23H20ClN3O2S. The monoisotopic (exact) mass is 437 g/mol. The van der Waals surface area contributed by atoms with Crippen molar-refractivity contribution in [2.45, 2.75) is 12.8 Å². The fourth-order valence-electron chi connectivity index (χ4n) is 3.04. The molecule has 0 spiro atoms. The number of aryl methyl sites for hydroxylation is 1. The Morgan fingerprint density at radius 1 is 1.27 bits per heavy atom. The van der Waals surface area contributed by atoms with Crippen molar-refractivity contribution >= 4 is 34.9 Å². The number of nitrogens with one attached hydrogen (secondary N) is 1. The normalized spacial score (nSPS) is 12.9. The summed E-state index contributed by atoms with van der Waals surface area (Å²) >= 11 is 7.67. The van der Waals surface area contributed by atoms with Crippen LogP contribution in [0.1, 0.15) is 17.0 Å². The fourth-order valence-corrected chi connectivity index (χ4v) is 4.07. The predicted molar refractivity (Wildman–Crippen MR) is 121 cm³/mol. The molecule has 5 nitrogen and oxygen atoms in total. The molecule has 3 aromatic rings. The molecule has 1 N–H and O–H groups in total. The number of amides is 1. The Morgan fingerprint density at radius 2 is 2.13 bits per heavy atom. The minimum atomic E-state index is -0.121. The van der Waals surface area contributed by atoms with Gasteiger partial charge in [0.2, 0.25) is 5.91 Å². The van der Waals surface area contributed by atoms with E-state index in [0.29, 0.717) is 18.2 Å². The molecule has 7 heteroatoms. The van der Waals surface area contributed by atoms with Gasteiger partial charge >= 0.3 is 0 Å². The van der Waals surface area contributed by atoms with E-state index in [1.54, 1.807) is 35.9 Å². The van der Waals surface area contributed by atoms with Gasteiger partial charge in [0.15, 0.2) is 0 Å². The lowest BCUT2D eigenvalue weighted by atomic mass is 10.1. The summed E-state index contributed by atoms with van der Waals surface area (Å²) in [5.41, 5.74) is 3.88. The number of hydrogen-bond donors (Lipinski definition) is 1. The second kappa shape index (κ2) is 9.69. The number of nitrogens with zero attached hydrogens (tertiary/aromatic N) is 2. The van der Waals surface area contributed by atoms with Crippen molar-refractivity contribution in [3.63, 3.8) is 0 Å². The van der Waals surface area contributed by atoms with E-state index < -0.39 is 0 Å². The molecule has 0 fully saturated rings. The Labute approximate surface area is 184 Å². The SMILES string of the molecule is O=C(/C=C/C1=Cc2cc(Cl)ccc2OC1)NCCCc1nc(-c2ccncc2)cs1. The zero-order valence-electron chi connectivity index (χ0n) is 16.2. The van der Waals surface area contributed by atoms with Gasteiger partial charge in [-0.25, -0.2) is 4.98 Å². The summed E-state index contributed by atoms with van der Waals surface area (Å²) in [6.07, 6.45) is 10.5. The lowest BCUT2D eigenvalue weighted by molar-refractivity contribution is -0.116. The van der Waals surface area contributed by atoms with Crippen LogP contribution < -0.4 is 10.1 Å². The highest BCUT2D eigenvalue weighted by Crippen LogP contribution is 2.29. The summed E-state index contributed by atoms with van der Waals surface area (Å²) in [5.74, 6) is 0.680. The molecule has 0 saturated carbocycles. The molecule has 0 atom stereocenters. The molecule has 0 radical (unpaired) electrons. The summed E-state index contributed by atoms with van der Waals surface area (Å²) in [6.45, 7) is 1.03. The van der Waals surface area contributed by atoms with E-state index in [0.717, 1.165) is 46.0 Å². The first-order valence-electron chi connectivity index (χ1n) is 9.61. The van der Waals surface area contributed by atoms with Crippen LogP contribution in [0.5, 0.6) is 5.75 Å². The van der Waals surface area contributed by atoms with Gasteiger partial charge < -0.3 is 10.1 Å². The van der Waals surface area contributed by atoms with Crippen molar-refractivity contribution in [2.24, 2.45) is 0 Å². The van der Waals surface area contributed by atoms with Crippen molar-refractivity contribution in [2.75, 3.05) is 13.2 Å². The topological polar surface area (TPSA) is 64.1 Å². The highest BCUT2D eigenvalue weighted by molar-refractivity contribution is 7.09. The highest BCUT2D eigenvalue weighted by Gasteiger charge is 2.10. The first-order valence-corrected chi connectivity index (χ1v) is 10.9. The number of fused-ring (bicyclic) bond motifs is 1. The van der Waals surface area contributed by atoms with Gasteiger partial charge in [-0.05, 0) is 48.4 Å². The van der Waals surface area contributed by atoms with Crippen LogP contribution in [-0.2, 0) is 11.2 Å². The van der Waals surface area contributed by atoms with Crippen LogP contribution in [0.4, 0.5) is 0 Å². The number of hydrogen-bond acceptors (Lipinski definition) is 5. The summed E-state index contributed by atoms with van der Waals surface area (Å²) in [4.78, 5) is 20.8. The van der Waals surface area contributed by atoms with E-state index >= 15 is 0 Å². The molecule has 4 rings (SSSR count). The van der Waals surface area contributed by atoms with Crippen molar-refractivity contribution in [3.05, 3.63) is 81.4 Å². The van der Waals surface area contributed by atoms with Gasteiger partial charge in [-0.1, -0.05) is 17.7 Å². The largest absolute Gasteiger partial charge is 0.488 e. The molecule has 1 aliphatic heterocycles. The summed E-state index contributed by atoms with van der Waals surface area (Å²) in [6, 6.07) is 9.40. The number of aromatic nitrogens is 2. The van der Waals surface area contributed by atoms with Gasteiger partial charge in [-0.15, -0.1) is 11.3 Å². The Balaban J connectivity index is 1.22. The maximum Gasteiger partial charge on any atom is 0.243 e. The number of carbonyl (C=O) groups is 1. The van der Waals surface area contributed by atoms with E-state index in [1.807, 2.05) is 30.3 Å². The molecule has 3 heterocycles. The maximum absolute atomic E-state index is 12.1. The van der Waals surface area contributed by atoms with Crippen molar-refractivity contribution in [3.8, 4) is 17.0 Å². The minimum absolute atomic E-state index is 0.121. The van der Waals surface area contributed by atoms with Crippen molar-refractivity contribution in [1.29, 1.82) is 0 Å². The molecular weight excluding hydrogens is 418 g/mol. The third-order valence-electron chi connectivity index (χ3n) is 4.55. The third kappa shape index (κ3) is 5.34. The van der Waals surface area contributed by atoms with Gasteiger partial charge in [0.05, 0.1) is 10.7 Å². The molecule has 0 unspecified atom stereocenters. The summed E-state index contributed by atoms with van der Waals surface area (Å²) < 4.78 is 5.69. The van der Waals surface area contributed by atoms with Crippen LogP contribution >= 0.6 is 22.9 Å². The Bertz CT molecular complexity index is 1090. The minimum Gasteiger partial charge on any atom is -0.488 e. The van der Waals surface area contributed by atoms with Gasteiger partial charge in [0.1, 0.15) is 12.4 Å². The van der Waals surface area contributed by atoms with Crippen molar-refractivity contribution < 1.29 is 9.53 Å². The van der Waals surface area contributed by atoms with E-state index in [-0.39, 0.29) is 5.91 Å². The number of rotatable bonds is 7. The molecule has 0 aliphatic carbocycles. The molecule has 2 aromatic heterocycles. The molecule has 1 aromatic carbocycles.